The first kappa shape index (κ1) is 15.3. The highest BCUT2D eigenvalue weighted by atomic mass is 16.7. The molecule has 1 heterocycles. The monoisotopic (exact) mass is 295 g/mol. The van der Waals surface area contributed by atoms with Gasteiger partial charge in [0.25, 0.3) is 0 Å². The maximum absolute atomic E-state index is 11.6. The molecule has 0 radical (unpaired) electrons. The lowest BCUT2D eigenvalue weighted by atomic mass is 10.1. The zero-order valence-electron chi connectivity index (χ0n) is 11.4. The molecule has 7 heteroatoms. The summed E-state index contributed by atoms with van der Waals surface area (Å²) in [5.74, 6) is -1.62. The molecule has 0 aliphatic carbocycles. The maximum atomic E-state index is 11.6. The number of hydrogen-bond acceptors (Lipinski definition) is 5. The number of carboxylic acid groups (broad SMARTS) is 1. The first-order chi connectivity index (χ1) is 10.1. The molecule has 7 nitrogen and oxygen atoms in total. The Labute approximate surface area is 121 Å². The van der Waals surface area contributed by atoms with Crippen LogP contribution in [0, 0.1) is 0 Å². The summed E-state index contributed by atoms with van der Waals surface area (Å²) in [4.78, 5) is 22.0. The van der Waals surface area contributed by atoms with Crippen LogP contribution in [0.3, 0.4) is 0 Å². The molecule has 0 saturated carbocycles. The van der Waals surface area contributed by atoms with E-state index < -0.39 is 18.2 Å². The molecule has 0 bridgehead atoms. The van der Waals surface area contributed by atoms with Crippen LogP contribution >= 0.6 is 0 Å². The molecule has 0 spiro atoms. The minimum atomic E-state index is -1.05. The number of phenolic OH excluding ortho intramolecular Hbond substituents is 1. The van der Waals surface area contributed by atoms with Gasteiger partial charge in [-0.05, 0) is 18.6 Å². The van der Waals surface area contributed by atoms with E-state index in [9.17, 15) is 14.7 Å². The van der Waals surface area contributed by atoms with Crippen LogP contribution in [0.15, 0.2) is 18.2 Å². The second-order valence-electron chi connectivity index (χ2n) is 4.65. The molecule has 1 fully saturated rings. The molecule has 2 rings (SSSR count). The van der Waals surface area contributed by atoms with Gasteiger partial charge in [0.05, 0.1) is 25.3 Å². The summed E-state index contributed by atoms with van der Waals surface area (Å²) in [5.41, 5.74) is 0.890. The maximum Gasteiger partial charge on any atom is 0.303 e. The molecule has 1 aliphatic heterocycles. The van der Waals surface area contributed by atoms with Crippen LogP contribution in [-0.2, 0) is 19.1 Å². The van der Waals surface area contributed by atoms with Crippen LogP contribution in [0.5, 0.6) is 5.75 Å². The average molecular weight is 295 g/mol. The van der Waals surface area contributed by atoms with Crippen molar-refractivity contribution in [3.63, 3.8) is 0 Å². The molecule has 1 amide bonds. The quantitative estimate of drug-likeness (QED) is 0.713. The average Bonchev–Trinajstić information content (AvgIpc) is 2.48. The van der Waals surface area contributed by atoms with E-state index >= 15 is 0 Å². The van der Waals surface area contributed by atoms with E-state index in [0.717, 1.165) is 6.42 Å². The Morgan fingerprint density at radius 1 is 1.24 bits per heavy atom. The van der Waals surface area contributed by atoms with E-state index in [1.54, 1.807) is 12.1 Å². The van der Waals surface area contributed by atoms with Gasteiger partial charge in [0, 0.05) is 12.0 Å². The number of ether oxygens (including phenoxy) is 2. The normalized spacial score (nSPS) is 15.6. The molecule has 3 N–H and O–H groups in total. The lowest BCUT2D eigenvalue weighted by Gasteiger charge is -2.24. The van der Waals surface area contributed by atoms with E-state index in [-0.39, 0.29) is 24.3 Å². The zero-order valence-corrected chi connectivity index (χ0v) is 11.4. The fraction of sp³-hybridized carbons (Fsp3) is 0.429. The number of phenols is 1. The van der Waals surface area contributed by atoms with E-state index in [0.29, 0.717) is 18.8 Å². The fourth-order valence-corrected chi connectivity index (χ4v) is 1.91. The topological polar surface area (TPSA) is 105 Å². The highest BCUT2D eigenvalue weighted by Crippen LogP contribution is 2.30. The number of nitrogens with one attached hydrogen (secondary N) is 1. The number of benzene rings is 1. The van der Waals surface area contributed by atoms with Gasteiger partial charge in [0.1, 0.15) is 5.75 Å². The van der Waals surface area contributed by atoms with E-state index in [4.69, 9.17) is 14.6 Å². The van der Waals surface area contributed by atoms with Crippen LogP contribution in [-0.4, -0.2) is 35.3 Å². The van der Waals surface area contributed by atoms with Crippen LogP contribution in [0.2, 0.25) is 0 Å². The molecule has 1 aliphatic rings. The molecule has 114 valence electrons. The second kappa shape index (κ2) is 7.05. The van der Waals surface area contributed by atoms with Gasteiger partial charge in [-0.1, -0.05) is 6.07 Å². The van der Waals surface area contributed by atoms with Crippen molar-refractivity contribution in [2.75, 3.05) is 18.5 Å². The van der Waals surface area contributed by atoms with Gasteiger partial charge in [-0.2, -0.15) is 0 Å². The van der Waals surface area contributed by atoms with E-state index in [2.05, 4.69) is 5.32 Å². The lowest BCUT2D eigenvalue weighted by molar-refractivity contribution is -0.183. The molecule has 0 unspecified atom stereocenters. The lowest BCUT2D eigenvalue weighted by Crippen LogP contribution is -2.18. The van der Waals surface area contributed by atoms with Crippen molar-refractivity contribution in [2.24, 2.45) is 0 Å². The minimum Gasteiger partial charge on any atom is -0.506 e. The summed E-state index contributed by atoms with van der Waals surface area (Å²) in [6.45, 7) is 1.18. The Bertz CT molecular complexity index is 524. The summed E-state index contributed by atoms with van der Waals surface area (Å²) >= 11 is 0. The Balaban J connectivity index is 2.04. The van der Waals surface area contributed by atoms with Crippen LogP contribution in [0.1, 0.15) is 31.1 Å². The van der Waals surface area contributed by atoms with Crippen LogP contribution in [0.25, 0.3) is 0 Å². The van der Waals surface area contributed by atoms with E-state index in [1.165, 1.54) is 6.07 Å². The van der Waals surface area contributed by atoms with Crippen molar-refractivity contribution in [2.45, 2.75) is 25.6 Å². The fourth-order valence-electron chi connectivity index (χ4n) is 1.91. The third-order valence-electron chi connectivity index (χ3n) is 2.96. The molecular formula is C14H17NO6. The molecular weight excluding hydrogens is 278 g/mol. The highest BCUT2D eigenvalue weighted by molar-refractivity contribution is 5.93. The van der Waals surface area contributed by atoms with Gasteiger partial charge < -0.3 is 25.0 Å². The molecule has 1 aromatic carbocycles. The summed E-state index contributed by atoms with van der Waals surface area (Å²) in [6.07, 6.45) is -0.113. The summed E-state index contributed by atoms with van der Waals surface area (Å²) in [7, 11) is 0. The number of carbonyl (C=O) groups excluding carboxylic acids is 1. The smallest absolute Gasteiger partial charge is 0.303 e. The number of amides is 1. The molecule has 1 aromatic rings. The Morgan fingerprint density at radius 3 is 2.62 bits per heavy atom. The van der Waals surface area contributed by atoms with Gasteiger partial charge in [-0.15, -0.1) is 0 Å². The van der Waals surface area contributed by atoms with Crippen molar-refractivity contribution in [1.29, 1.82) is 0 Å². The molecule has 1 saturated heterocycles. The summed E-state index contributed by atoms with van der Waals surface area (Å²) in [6, 6.07) is 4.64. The first-order valence-electron chi connectivity index (χ1n) is 6.64. The third-order valence-corrected chi connectivity index (χ3v) is 2.96. The number of aliphatic carboxylic acids is 1. The first-order valence-corrected chi connectivity index (χ1v) is 6.64. The predicted octanol–water partition coefficient (Wildman–Crippen LogP) is 1.63. The van der Waals surface area contributed by atoms with Crippen molar-refractivity contribution in [1.82, 2.24) is 0 Å². The number of rotatable bonds is 5. The number of aromatic hydroxyl groups is 1. The molecule has 0 atom stereocenters. The van der Waals surface area contributed by atoms with Crippen molar-refractivity contribution >= 4 is 17.6 Å². The number of carbonyl (C=O) groups is 2. The highest BCUT2D eigenvalue weighted by Gasteiger charge is 2.18. The SMILES string of the molecule is O=C(O)CCC(=O)Nc1cc(C2OCCCO2)ccc1O. The Kier molecular flexibility index (Phi) is 5.13. The van der Waals surface area contributed by atoms with Crippen molar-refractivity contribution < 1.29 is 29.3 Å². The summed E-state index contributed by atoms with van der Waals surface area (Å²) < 4.78 is 10.9. The zero-order chi connectivity index (χ0) is 15.2. The van der Waals surface area contributed by atoms with Gasteiger partial charge in [0.2, 0.25) is 5.91 Å². The number of carboxylic acids is 1. The summed E-state index contributed by atoms with van der Waals surface area (Å²) in [5, 5.41) is 20.8. The Morgan fingerprint density at radius 2 is 1.95 bits per heavy atom. The van der Waals surface area contributed by atoms with Gasteiger partial charge in [-0.3, -0.25) is 9.59 Å². The number of hydrogen-bond donors (Lipinski definition) is 3. The molecule has 21 heavy (non-hydrogen) atoms. The predicted molar refractivity (Wildman–Crippen MR) is 72.9 cm³/mol. The van der Waals surface area contributed by atoms with Crippen LogP contribution < -0.4 is 5.32 Å². The van der Waals surface area contributed by atoms with Crippen molar-refractivity contribution in [3.8, 4) is 5.75 Å². The van der Waals surface area contributed by atoms with Gasteiger partial charge >= 0.3 is 5.97 Å². The number of anilines is 1. The second-order valence-corrected chi connectivity index (χ2v) is 4.65. The van der Waals surface area contributed by atoms with Gasteiger partial charge in [-0.25, -0.2) is 0 Å². The molecule has 0 aromatic heterocycles. The van der Waals surface area contributed by atoms with Gasteiger partial charge in [0.15, 0.2) is 6.29 Å². The minimum absolute atomic E-state index is 0.0989. The van der Waals surface area contributed by atoms with E-state index in [1.807, 2.05) is 0 Å². The Hall–Kier alpha value is -2.12. The largest absolute Gasteiger partial charge is 0.506 e. The third kappa shape index (κ3) is 4.44. The standard InChI is InChI=1S/C14H17NO6/c16-11-3-2-9(14-20-6-1-7-21-14)8-10(11)15-12(17)4-5-13(18)19/h2-3,8,14,16H,1,4-7H2,(H,15,17)(H,18,19). The van der Waals surface area contributed by atoms with Crippen LogP contribution in [0.4, 0.5) is 5.69 Å². The van der Waals surface area contributed by atoms with Crippen molar-refractivity contribution in [3.05, 3.63) is 23.8 Å².